The maximum absolute atomic E-state index is 12.6. The van der Waals surface area contributed by atoms with Gasteiger partial charge in [-0.1, -0.05) is 6.92 Å². The molecule has 2 N–H and O–H groups in total. The molecule has 8 heteroatoms. The zero-order valence-corrected chi connectivity index (χ0v) is 14.4. The smallest absolute Gasteiger partial charge is 0.337 e. The molecule has 0 radical (unpaired) electrons. The molecular weight excluding hydrogens is 345 g/mol. The Morgan fingerprint density at radius 2 is 1.92 bits per heavy atom. The van der Waals surface area contributed by atoms with Gasteiger partial charge in [0.15, 0.2) is 5.69 Å². The number of carbonyl (C=O) groups is 1. The van der Waals surface area contributed by atoms with E-state index in [0.717, 1.165) is 18.6 Å². The summed E-state index contributed by atoms with van der Waals surface area (Å²) in [6, 6.07) is 6.25. The SMILES string of the molecule is C[C@@H]1CN(C(=O)c2ccn(-c3ccc(C(F)(F)F)cc3)n2)C[C@H]1CCN. The average Bonchev–Trinajstić information content (AvgIpc) is 3.22. The molecule has 0 spiro atoms. The number of amides is 1. The van der Waals surface area contributed by atoms with Crippen LogP contribution in [0.1, 0.15) is 29.4 Å². The van der Waals surface area contributed by atoms with Crippen LogP contribution < -0.4 is 5.73 Å². The topological polar surface area (TPSA) is 64.2 Å². The number of likely N-dealkylation sites (tertiary alicyclic amines) is 1. The molecule has 2 aromatic rings. The molecule has 140 valence electrons. The number of nitrogens with zero attached hydrogens (tertiary/aromatic N) is 3. The van der Waals surface area contributed by atoms with Crippen LogP contribution in [0.3, 0.4) is 0 Å². The molecule has 1 aromatic heterocycles. The first-order chi connectivity index (χ1) is 12.3. The molecule has 1 saturated heterocycles. The van der Waals surface area contributed by atoms with Crippen molar-refractivity contribution in [3.63, 3.8) is 0 Å². The number of nitrogens with two attached hydrogens (primary N) is 1. The minimum Gasteiger partial charge on any atom is -0.337 e. The number of hydrogen-bond donors (Lipinski definition) is 1. The third kappa shape index (κ3) is 3.75. The van der Waals surface area contributed by atoms with E-state index in [1.165, 1.54) is 16.8 Å². The Hall–Kier alpha value is -2.35. The van der Waals surface area contributed by atoms with Gasteiger partial charge in [0.25, 0.3) is 5.91 Å². The fourth-order valence-corrected chi connectivity index (χ4v) is 3.34. The molecule has 3 rings (SSSR count). The predicted octanol–water partition coefficient (Wildman–Crippen LogP) is 2.95. The first-order valence-electron chi connectivity index (χ1n) is 8.52. The van der Waals surface area contributed by atoms with Crippen LogP contribution in [0.25, 0.3) is 5.69 Å². The monoisotopic (exact) mass is 366 g/mol. The van der Waals surface area contributed by atoms with Gasteiger partial charge in [0.2, 0.25) is 0 Å². The maximum Gasteiger partial charge on any atom is 0.416 e. The standard InChI is InChI=1S/C18H21F3N4O/c1-12-10-24(11-13(12)6-8-22)17(26)16-7-9-25(23-16)15-4-2-14(3-5-15)18(19,20)21/h2-5,7,9,12-13H,6,8,10-11,22H2,1H3/t12-,13-/m1/s1. The number of carbonyl (C=O) groups excluding carboxylic acids is 1. The minimum atomic E-state index is -4.38. The molecule has 26 heavy (non-hydrogen) atoms. The van der Waals surface area contributed by atoms with E-state index in [4.69, 9.17) is 5.73 Å². The van der Waals surface area contributed by atoms with Crippen molar-refractivity contribution in [2.24, 2.45) is 17.6 Å². The largest absolute Gasteiger partial charge is 0.416 e. The lowest BCUT2D eigenvalue weighted by Gasteiger charge is -2.14. The Bertz CT molecular complexity index is 769. The zero-order chi connectivity index (χ0) is 18.9. The fourth-order valence-electron chi connectivity index (χ4n) is 3.34. The molecule has 0 saturated carbocycles. The average molecular weight is 366 g/mol. The summed E-state index contributed by atoms with van der Waals surface area (Å²) in [5.74, 6) is 0.613. The zero-order valence-electron chi connectivity index (χ0n) is 14.4. The van der Waals surface area contributed by atoms with Crippen molar-refractivity contribution in [2.45, 2.75) is 19.5 Å². The summed E-state index contributed by atoms with van der Waals surface area (Å²) in [6.45, 7) is 4.02. The second-order valence-corrected chi connectivity index (χ2v) is 6.72. The normalized spacial score (nSPS) is 20.6. The van der Waals surface area contributed by atoms with Crippen molar-refractivity contribution >= 4 is 5.91 Å². The molecule has 1 amide bonds. The van der Waals surface area contributed by atoms with Crippen LogP contribution in [0.4, 0.5) is 13.2 Å². The van der Waals surface area contributed by atoms with Crippen molar-refractivity contribution in [3.05, 3.63) is 47.8 Å². The van der Waals surface area contributed by atoms with Crippen molar-refractivity contribution in [1.82, 2.24) is 14.7 Å². The molecule has 1 fully saturated rings. The number of hydrogen-bond acceptors (Lipinski definition) is 3. The van der Waals surface area contributed by atoms with Crippen molar-refractivity contribution < 1.29 is 18.0 Å². The van der Waals surface area contributed by atoms with E-state index < -0.39 is 11.7 Å². The van der Waals surface area contributed by atoms with Gasteiger partial charge in [-0.15, -0.1) is 0 Å². The number of alkyl halides is 3. The lowest BCUT2D eigenvalue weighted by Crippen LogP contribution is -2.29. The highest BCUT2D eigenvalue weighted by Crippen LogP contribution is 2.30. The Morgan fingerprint density at radius 3 is 2.54 bits per heavy atom. The molecule has 2 heterocycles. The van der Waals surface area contributed by atoms with Gasteiger partial charge >= 0.3 is 6.18 Å². The lowest BCUT2D eigenvalue weighted by atomic mass is 9.95. The molecule has 5 nitrogen and oxygen atoms in total. The highest BCUT2D eigenvalue weighted by molar-refractivity contribution is 5.92. The molecule has 1 aromatic carbocycles. The van der Waals surface area contributed by atoms with E-state index in [0.29, 0.717) is 37.2 Å². The fraction of sp³-hybridized carbons (Fsp3) is 0.444. The van der Waals surface area contributed by atoms with Gasteiger partial charge in [0.1, 0.15) is 0 Å². The van der Waals surface area contributed by atoms with Crippen LogP contribution in [0.15, 0.2) is 36.5 Å². The van der Waals surface area contributed by atoms with Crippen LogP contribution in [0.5, 0.6) is 0 Å². The van der Waals surface area contributed by atoms with Crippen molar-refractivity contribution in [2.75, 3.05) is 19.6 Å². The molecular formula is C18H21F3N4O. The number of benzene rings is 1. The molecule has 0 aliphatic carbocycles. The van der Waals surface area contributed by atoms with Gasteiger partial charge in [0.05, 0.1) is 11.3 Å². The maximum atomic E-state index is 12.6. The Morgan fingerprint density at radius 1 is 1.23 bits per heavy atom. The highest BCUT2D eigenvalue weighted by atomic mass is 19.4. The summed E-state index contributed by atoms with van der Waals surface area (Å²) in [6.07, 6.45) is -1.92. The van der Waals surface area contributed by atoms with Gasteiger partial charge in [-0.2, -0.15) is 18.3 Å². The summed E-state index contributed by atoms with van der Waals surface area (Å²) < 4.78 is 39.3. The van der Waals surface area contributed by atoms with Crippen LogP contribution in [-0.2, 0) is 6.18 Å². The van der Waals surface area contributed by atoms with Gasteiger partial charge in [-0.3, -0.25) is 4.79 Å². The van der Waals surface area contributed by atoms with E-state index in [-0.39, 0.29) is 11.6 Å². The molecule has 2 atom stereocenters. The van der Waals surface area contributed by atoms with Crippen LogP contribution in [0, 0.1) is 11.8 Å². The van der Waals surface area contributed by atoms with Gasteiger partial charge in [0, 0.05) is 19.3 Å². The van der Waals surface area contributed by atoms with E-state index >= 15 is 0 Å². The van der Waals surface area contributed by atoms with Gasteiger partial charge in [-0.25, -0.2) is 4.68 Å². The summed E-state index contributed by atoms with van der Waals surface area (Å²) in [7, 11) is 0. The van der Waals surface area contributed by atoms with Crippen molar-refractivity contribution in [3.8, 4) is 5.69 Å². The van der Waals surface area contributed by atoms with Crippen LogP contribution in [0.2, 0.25) is 0 Å². The number of rotatable bonds is 4. The van der Waals surface area contributed by atoms with Gasteiger partial charge in [-0.05, 0) is 55.1 Å². The second kappa shape index (κ2) is 7.11. The summed E-state index contributed by atoms with van der Waals surface area (Å²) in [5, 5.41) is 4.23. The second-order valence-electron chi connectivity index (χ2n) is 6.72. The highest BCUT2D eigenvalue weighted by Gasteiger charge is 2.33. The van der Waals surface area contributed by atoms with E-state index in [1.54, 1.807) is 17.2 Å². The quantitative estimate of drug-likeness (QED) is 0.905. The first-order valence-corrected chi connectivity index (χ1v) is 8.52. The first kappa shape index (κ1) is 18.4. The molecule has 0 unspecified atom stereocenters. The summed E-state index contributed by atoms with van der Waals surface area (Å²) >= 11 is 0. The van der Waals surface area contributed by atoms with Crippen LogP contribution in [-0.4, -0.2) is 40.2 Å². The lowest BCUT2D eigenvalue weighted by molar-refractivity contribution is -0.137. The van der Waals surface area contributed by atoms with E-state index in [9.17, 15) is 18.0 Å². The minimum absolute atomic E-state index is 0.165. The number of aromatic nitrogens is 2. The summed E-state index contributed by atoms with van der Waals surface area (Å²) in [4.78, 5) is 14.4. The van der Waals surface area contributed by atoms with E-state index in [2.05, 4.69) is 12.0 Å². The Balaban J connectivity index is 1.73. The predicted molar refractivity (Wildman–Crippen MR) is 90.8 cm³/mol. The molecule has 1 aliphatic heterocycles. The molecule has 1 aliphatic rings. The van der Waals surface area contributed by atoms with Crippen LogP contribution >= 0.6 is 0 Å². The Labute approximate surface area is 149 Å². The summed E-state index contributed by atoms with van der Waals surface area (Å²) in [5.41, 5.74) is 5.65. The van der Waals surface area contributed by atoms with E-state index in [1.807, 2.05) is 0 Å². The third-order valence-electron chi connectivity index (χ3n) is 4.86. The third-order valence-corrected chi connectivity index (χ3v) is 4.86. The van der Waals surface area contributed by atoms with Crippen molar-refractivity contribution in [1.29, 1.82) is 0 Å². The van der Waals surface area contributed by atoms with Gasteiger partial charge < -0.3 is 10.6 Å². The Kier molecular flexibility index (Phi) is 5.04. The number of halogens is 3. The molecule has 0 bridgehead atoms.